The molecule has 2 rings (SSSR count). The maximum atomic E-state index is 13.7. The number of aryl methyl sites for hydroxylation is 1. The fraction of sp³-hybridized carbons (Fsp3) is 0.0769. The molecule has 98 valence electrons. The van der Waals surface area contributed by atoms with Gasteiger partial charge in [-0.3, -0.25) is 0 Å². The number of halogens is 2. The molecule has 0 aliphatic heterocycles. The second-order valence-corrected chi connectivity index (χ2v) is 4.42. The maximum Gasteiger partial charge on any atom is 0.147 e. The molecule has 0 aliphatic rings. The quantitative estimate of drug-likeness (QED) is 0.848. The van der Waals surface area contributed by atoms with E-state index in [9.17, 15) is 8.78 Å². The van der Waals surface area contributed by atoms with Crippen molar-refractivity contribution in [3.63, 3.8) is 0 Å². The Morgan fingerprint density at radius 2 is 2.00 bits per heavy atom. The zero-order chi connectivity index (χ0) is 14.0. The Bertz CT molecular complexity index is 644. The van der Waals surface area contributed by atoms with Crippen LogP contribution in [0.1, 0.15) is 11.3 Å². The van der Waals surface area contributed by atoms with Gasteiger partial charge in [-0.25, -0.2) is 13.8 Å². The summed E-state index contributed by atoms with van der Waals surface area (Å²) < 4.78 is 27.1. The van der Waals surface area contributed by atoms with Gasteiger partial charge in [0.1, 0.15) is 22.4 Å². The summed E-state index contributed by atoms with van der Waals surface area (Å²) in [5, 5.41) is 2.69. The predicted octanol–water partition coefficient (Wildman–Crippen LogP) is 3.05. The minimum absolute atomic E-state index is 0.00990. The highest BCUT2D eigenvalue weighted by atomic mass is 32.1. The molecule has 2 aromatic rings. The molecule has 1 heterocycles. The number of hydrogen-bond acceptors (Lipinski definition) is 3. The molecular formula is C13H11F2N3S. The minimum atomic E-state index is -0.554. The van der Waals surface area contributed by atoms with E-state index in [1.54, 1.807) is 18.2 Å². The summed E-state index contributed by atoms with van der Waals surface area (Å²) in [5.74, 6) is -0.705. The molecule has 1 aromatic heterocycles. The number of nitrogens with two attached hydrogens (primary N) is 1. The van der Waals surface area contributed by atoms with Crippen LogP contribution in [0, 0.1) is 18.6 Å². The Balaban J connectivity index is 2.33. The van der Waals surface area contributed by atoms with Gasteiger partial charge in [0.05, 0.1) is 11.4 Å². The molecule has 0 bridgehead atoms. The van der Waals surface area contributed by atoms with E-state index in [0.717, 1.165) is 12.1 Å². The van der Waals surface area contributed by atoms with Gasteiger partial charge in [-0.1, -0.05) is 18.3 Å². The predicted molar refractivity (Wildman–Crippen MR) is 74.5 cm³/mol. The Labute approximate surface area is 114 Å². The monoisotopic (exact) mass is 279 g/mol. The lowest BCUT2D eigenvalue weighted by atomic mass is 10.2. The summed E-state index contributed by atoms with van der Waals surface area (Å²) in [6.07, 6.45) is 0. The highest BCUT2D eigenvalue weighted by Gasteiger charge is 2.08. The van der Waals surface area contributed by atoms with Crippen LogP contribution in [0.15, 0.2) is 30.3 Å². The summed E-state index contributed by atoms with van der Waals surface area (Å²) >= 11 is 4.80. The molecule has 1 aromatic carbocycles. The molecule has 19 heavy (non-hydrogen) atoms. The van der Waals surface area contributed by atoms with Gasteiger partial charge in [0.25, 0.3) is 0 Å². The molecule has 0 atom stereocenters. The molecule has 0 amide bonds. The first-order valence-corrected chi connectivity index (χ1v) is 5.87. The first kappa shape index (κ1) is 13.4. The summed E-state index contributed by atoms with van der Waals surface area (Å²) in [6, 6.07) is 7.12. The summed E-state index contributed by atoms with van der Waals surface area (Å²) in [6.45, 7) is 1.49. The smallest absolute Gasteiger partial charge is 0.147 e. The van der Waals surface area contributed by atoms with Crippen LogP contribution >= 0.6 is 12.2 Å². The van der Waals surface area contributed by atoms with Gasteiger partial charge < -0.3 is 11.1 Å². The molecule has 0 fully saturated rings. The third-order valence-corrected chi connectivity index (χ3v) is 2.72. The lowest BCUT2D eigenvalue weighted by molar-refractivity contribution is 0.595. The average Bonchev–Trinajstić information content (AvgIpc) is 2.36. The average molecular weight is 279 g/mol. The van der Waals surface area contributed by atoms with Crippen molar-refractivity contribution in [1.29, 1.82) is 0 Å². The Hall–Kier alpha value is -2.08. The molecule has 3 nitrogen and oxygen atoms in total. The molecule has 0 radical (unpaired) electrons. The molecule has 0 spiro atoms. The highest BCUT2D eigenvalue weighted by molar-refractivity contribution is 7.80. The van der Waals surface area contributed by atoms with Crippen LogP contribution in [0.4, 0.5) is 20.3 Å². The molecular weight excluding hydrogens is 268 g/mol. The fourth-order valence-electron chi connectivity index (χ4n) is 1.52. The van der Waals surface area contributed by atoms with E-state index in [2.05, 4.69) is 10.3 Å². The van der Waals surface area contributed by atoms with Crippen molar-refractivity contribution in [2.45, 2.75) is 6.92 Å². The number of hydrogen-bond donors (Lipinski definition) is 2. The molecule has 3 N–H and O–H groups in total. The maximum absolute atomic E-state index is 13.7. The van der Waals surface area contributed by atoms with Crippen molar-refractivity contribution < 1.29 is 8.78 Å². The van der Waals surface area contributed by atoms with Gasteiger partial charge in [0.15, 0.2) is 0 Å². The standard InChI is InChI=1S/C13H11F2N3S/c1-7-5-9(15)11(6-8(7)14)18-12-4-2-3-10(17-12)13(16)19/h2-6H,1H3,(H2,16,19)(H,17,18). The van der Waals surface area contributed by atoms with E-state index in [1.807, 2.05) is 0 Å². The molecule has 0 aliphatic carbocycles. The van der Waals surface area contributed by atoms with Crippen LogP contribution in [0.25, 0.3) is 0 Å². The summed E-state index contributed by atoms with van der Waals surface area (Å²) in [7, 11) is 0. The normalized spacial score (nSPS) is 10.3. The SMILES string of the molecule is Cc1cc(F)c(Nc2cccc(C(N)=S)n2)cc1F. The number of pyridine rings is 1. The van der Waals surface area contributed by atoms with Crippen molar-refractivity contribution in [3.8, 4) is 0 Å². The second-order valence-electron chi connectivity index (χ2n) is 3.98. The molecule has 6 heteroatoms. The third kappa shape index (κ3) is 3.03. The van der Waals surface area contributed by atoms with Crippen molar-refractivity contribution in [3.05, 3.63) is 53.2 Å². The van der Waals surface area contributed by atoms with Crippen molar-refractivity contribution in [1.82, 2.24) is 4.98 Å². The van der Waals surface area contributed by atoms with Crippen LogP contribution in [0.3, 0.4) is 0 Å². The van der Waals surface area contributed by atoms with Gasteiger partial charge in [-0.2, -0.15) is 0 Å². The van der Waals surface area contributed by atoms with Gasteiger partial charge in [-0.05, 0) is 30.7 Å². The zero-order valence-electron chi connectivity index (χ0n) is 10.1. The number of anilines is 2. The molecule has 0 unspecified atom stereocenters. The van der Waals surface area contributed by atoms with Crippen LogP contribution < -0.4 is 11.1 Å². The summed E-state index contributed by atoms with van der Waals surface area (Å²) in [4.78, 5) is 4.23. The number of thiocarbonyl (C=S) groups is 1. The topological polar surface area (TPSA) is 50.9 Å². The Kier molecular flexibility index (Phi) is 3.71. The number of rotatable bonds is 3. The van der Waals surface area contributed by atoms with Crippen molar-refractivity contribution in [2.24, 2.45) is 5.73 Å². The largest absolute Gasteiger partial charge is 0.388 e. The van der Waals surface area contributed by atoms with Crippen LogP contribution in [0.5, 0.6) is 0 Å². The highest BCUT2D eigenvalue weighted by Crippen LogP contribution is 2.22. The number of benzene rings is 1. The first-order valence-electron chi connectivity index (χ1n) is 5.47. The lowest BCUT2D eigenvalue weighted by Gasteiger charge is -2.09. The first-order chi connectivity index (χ1) is 8.97. The van der Waals surface area contributed by atoms with Crippen LogP contribution in [0.2, 0.25) is 0 Å². The molecule has 0 saturated carbocycles. The van der Waals surface area contributed by atoms with Crippen LogP contribution in [-0.4, -0.2) is 9.97 Å². The number of nitrogens with one attached hydrogen (secondary N) is 1. The fourth-order valence-corrected chi connectivity index (χ4v) is 1.64. The van der Waals surface area contributed by atoms with E-state index in [-0.39, 0.29) is 16.2 Å². The van der Waals surface area contributed by atoms with E-state index in [1.165, 1.54) is 6.92 Å². The second kappa shape index (κ2) is 5.27. The Morgan fingerprint density at radius 3 is 2.68 bits per heavy atom. The van der Waals surface area contributed by atoms with Gasteiger partial charge in [0, 0.05) is 6.07 Å². The Morgan fingerprint density at radius 1 is 1.26 bits per heavy atom. The number of nitrogens with zero attached hydrogens (tertiary/aromatic N) is 1. The van der Waals surface area contributed by atoms with E-state index < -0.39 is 11.6 Å². The number of aromatic nitrogens is 1. The lowest BCUT2D eigenvalue weighted by Crippen LogP contribution is -2.12. The molecule has 0 saturated heterocycles. The van der Waals surface area contributed by atoms with E-state index in [4.69, 9.17) is 18.0 Å². The van der Waals surface area contributed by atoms with E-state index >= 15 is 0 Å². The van der Waals surface area contributed by atoms with Crippen molar-refractivity contribution in [2.75, 3.05) is 5.32 Å². The van der Waals surface area contributed by atoms with Gasteiger partial charge >= 0.3 is 0 Å². The van der Waals surface area contributed by atoms with Crippen LogP contribution in [-0.2, 0) is 0 Å². The summed E-state index contributed by atoms with van der Waals surface area (Å²) in [5.41, 5.74) is 6.12. The zero-order valence-corrected chi connectivity index (χ0v) is 10.9. The van der Waals surface area contributed by atoms with E-state index in [0.29, 0.717) is 11.5 Å². The minimum Gasteiger partial charge on any atom is -0.388 e. The van der Waals surface area contributed by atoms with Gasteiger partial charge in [0.2, 0.25) is 0 Å². The van der Waals surface area contributed by atoms with Gasteiger partial charge in [-0.15, -0.1) is 0 Å². The third-order valence-electron chi connectivity index (χ3n) is 2.51. The van der Waals surface area contributed by atoms with Crippen molar-refractivity contribution >= 4 is 28.7 Å².